The average Bonchev–Trinajstić information content (AvgIpc) is 3.76. The summed E-state index contributed by atoms with van der Waals surface area (Å²) in [5.41, 5.74) is 5.25. The molecule has 0 radical (unpaired) electrons. The van der Waals surface area contributed by atoms with Crippen molar-refractivity contribution in [1.82, 2.24) is 34.9 Å². The van der Waals surface area contributed by atoms with Gasteiger partial charge in [0.15, 0.2) is 0 Å². The maximum Gasteiger partial charge on any atom is 0.256 e. The number of carbonyl (C=O) groups excluding carboxylic acids is 3. The highest BCUT2D eigenvalue weighted by Crippen LogP contribution is 2.21. The van der Waals surface area contributed by atoms with Gasteiger partial charge in [-0.1, -0.05) is 60.9 Å². The van der Waals surface area contributed by atoms with Gasteiger partial charge in [0.1, 0.15) is 12.1 Å². The van der Waals surface area contributed by atoms with E-state index >= 15 is 0 Å². The van der Waals surface area contributed by atoms with Crippen LogP contribution in [-0.4, -0.2) is 75.9 Å². The number of unbranched alkanes of at least 4 members (excludes halogenated alkanes) is 1. The Morgan fingerprint density at radius 1 is 0.918 bits per heavy atom. The predicted molar refractivity (Wildman–Crippen MR) is 188 cm³/mol. The van der Waals surface area contributed by atoms with Crippen LogP contribution in [0.5, 0.6) is 0 Å². The molecule has 0 saturated carbocycles. The molecule has 0 aliphatic heterocycles. The summed E-state index contributed by atoms with van der Waals surface area (Å²) in [4.78, 5) is 47.8. The van der Waals surface area contributed by atoms with Gasteiger partial charge in [-0.15, -0.1) is 0 Å². The third kappa shape index (κ3) is 8.79. The molecule has 3 N–H and O–H groups in total. The first-order chi connectivity index (χ1) is 23.4. The number of hydrogen-bond donors (Lipinski definition) is 3. The standard InChI is InChI=1S/C36H41N7O5S/c1-5-6-17-49(47,48)41-34(44)32(22-28-23-37-31-10-8-7-9-30(28)31)40-35(45)33(42(4)36(46)27-19-24(2)18-25(3)20-27)21-26-11-13-29(14-12-26)43-38-15-16-39-43/h7-16,18-20,23,32-33,37H,5-6,17,21-22H2,1-4H3,(H,40,45)(H,41,44)/t32-,33-/m0/s1. The van der Waals surface area contributed by atoms with E-state index in [4.69, 9.17) is 0 Å². The van der Waals surface area contributed by atoms with Crippen LogP contribution < -0.4 is 10.0 Å². The Balaban J connectivity index is 1.47. The Labute approximate surface area is 286 Å². The molecule has 0 aliphatic rings. The van der Waals surface area contributed by atoms with Crippen molar-refractivity contribution in [3.8, 4) is 5.69 Å². The zero-order chi connectivity index (χ0) is 35.1. The van der Waals surface area contributed by atoms with Gasteiger partial charge in [-0.25, -0.2) is 8.42 Å². The molecule has 256 valence electrons. The fourth-order valence-electron chi connectivity index (χ4n) is 5.79. The zero-order valence-corrected chi connectivity index (χ0v) is 28.8. The van der Waals surface area contributed by atoms with Crippen LogP contribution in [0, 0.1) is 13.8 Å². The molecule has 2 heterocycles. The number of sulfonamides is 1. The summed E-state index contributed by atoms with van der Waals surface area (Å²) in [6.07, 6.45) is 6.02. The van der Waals surface area contributed by atoms with Gasteiger partial charge in [-0.05, 0) is 61.7 Å². The van der Waals surface area contributed by atoms with Gasteiger partial charge in [0, 0.05) is 42.6 Å². The lowest BCUT2D eigenvalue weighted by molar-refractivity contribution is -0.130. The molecule has 13 heteroatoms. The lowest BCUT2D eigenvalue weighted by Gasteiger charge is -2.29. The smallest absolute Gasteiger partial charge is 0.256 e. The molecule has 3 amide bonds. The fourth-order valence-corrected chi connectivity index (χ4v) is 7.01. The Morgan fingerprint density at radius 3 is 2.27 bits per heavy atom. The number of nitrogens with one attached hydrogen (secondary N) is 3. The molecule has 5 aromatic rings. The van der Waals surface area contributed by atoms with Crippen molar-refractivity contribution >= 4 is 38.6 Å². The lowest BCUT2D eigenvalue weighted by Crippen LogP contribution is -2.56. The summed E-state index contributed by atoms with van der Waals surface area (Å²) >= 11 is 0. The van der Waals surface area contributed by atoms with Gasteiger partial charge in [0.05, 0.1) is 23.8 Å². The number of aromatic amines is 1. The van der Waals surface area contributed by atoms with Crippen molar-refractivity contribution in [3.05, 3.63) is 113 Å². The highest BCUT2D eigenvalue weighted by molar-refractivity contribution is 7.90. The highest BCUT2D eigenvalue weighted by atomic mass is 32.2. The number of hydrogen-bond acceptors (Lipinski definition) is 7. The summed E-state index contributed by atoms with van der Waals surface area (Å²) in [5.74, 6) is -2.05. The monoisotopic (exact) mass is 683 g/mol. The molecule has 0 saturated heterocycles. The van der Waals surface area contributed by atoms with Crippen LogP contribution in [0.4, 0.5) is 0 Å². The summed E-state index contributed by atoms with van der Waals surface area (Å²) in [6.45, 7) is 5.65. The Bertz CT molecular complexity index is 2020. The average molecular weight is 684 g/mol. The van der Waals surface area contributed by atoms with Crippen molar-refractivity contribution in [1.29, 1.82) is 0 Å². The minimum Gasteiger partial charge on any atom is -0.361 e. The van der Waals surface area contributed by atoms with Gasteiger partial charge < -0.3 is 15.2 Å². The molecule has 5 rings (SSSR count). The lowest BCUT2D eigenvalue weighted by atomic mass is 10.00. The first kappa shape index (κ1) is 35.0. The van der Waals surface area contributed by atoms with E-state index in [-0.39, 0.29) is 24.5 Å². The molecule has 0 unspecified atom stereocenters. The molecular formula is C36H41N7O5S. The molecule has 0 aliphatic carbocycles. The minimum absolute atomic E-state index is 0.0118. The van der Waals surface area contributed by atoms with E-state index in [1.165, 1.54) is 9.70 Å². The number of benzene rings is 3. The first-order valence-electron chi connectivity index (χ1n) is 16.1. The number of rotatable bonds is 14. The number of para-hydroxylation sites is 1. The maximum atomic E-state index is 14.3. The van der Waals surface area contributed by atoms with Crippen LogP contribution >= 0.6 is 0 Å². The topological polar surface area (TPSA) is 159 Å². The summed E-state index contributed by atoms with van der Waals surface area (Å²) in [7, 11) is -2.39. The van der Waals surface area contributed by atoms with E-state index in [1.54, 1.807) is 37.8 Å². The maximum absolute atomic E-state index is 14.3. The second-order valence-electron chi connectivity index (χ2n) is 12.3. The van der Waals surface area contributed by atoms with E-state index in [0.29, 0.717) is 24.1 Å². The third-order valence-electron chi connectivity index (χ3n) is 8.33. The van der Waals surface area contributed by atoms with Crippen molar-refractivity contribution in [3.63, 3.8) is 0 Å². The molecule has 0 bridgehead atoms. The Morgan fingerprint density at radius 2 is 1.59 bits per heavy atom. The van der Waals surface area contributed by atoms with E-state index < -0.39 is 33.9 Å². The third-order valence-corrected chi connectivity index (χ3v) is 9.67. The highest BCUT2D eigenvalue weighted by Gasteiger charge is 2.33. The quantitative estimate of drug-likeness (QED) is 0.159. The Hall–Kier alpha value is -5.30. The van der Waals surface area contributed by atoms with Crippen molar-refractivity contribution in [2.75, 3.05) is 12.8 Å². The van der Waals surface area contributed by atoms with E-state index in [0.717, 1.165) is 33.2 Å². The largest absolute Gasteiger partial charge is 0.361 e. The summed E-state index contributed by atoms with van der Waals surface area (Å²) < 4.78 is 27.7. The van der Waals surface area contributed by atoms with Crippen molar-refractivity contribution in [2.24, 2.45) is 0 Å². The van der Waals surface area contributed by atoms with Crippen LogP contribution in [0.15, 0.2) is 85.3 Å². The fraction of sp³-hybridized carbons (Fsp3) is 0.306. The second kappa shape index (κ2) is 15.3. The van der Waals surface area contributed by atoms with Crippen LogP contribution in [0.2, 0.25) is 0 Å². The zero-order valence-electron chi connectivity index (χ0n) is 28.0. The van der Waals surface area contributed by atoms with Crippen LogP contribution in [0.3, 0.4) is 0 Å². The molecule has 2 aromatic heterocycles. The number of fused-ring (bicyclic) bond motifs is 1. The number of amides is 3. The second-order valence-corrected chi connectivity index (χ2v) is 14.1. The molecule has 12 nitrogen and oxygen atoms in total. The summed E-state index contributed by atoms with van der Waals surface area (Å²) in [5, 5.41) is 12.0. The molecule has 0 fully saturated rings. The number of aromatic nitrogens is 4. The van der Waals surface area contributed by atoms with Crippen molar-refractivity contribution < 1.29 is 22.8 Å². The van der Waals surface area contributed by atoms with Gasteiger partial charge in [0.2, 0.25) is 15.9 Å². The van der Waals surface area contributed by atoms with Gasteiger partial charge >= 0.3 is 0 Å². The molecular weight excluding hydrogens is 643 g/mol. The van der Waals surface area contributed by atoms with E-state index in [1.807, 2.05) is 75.4 Å². The predicted octanol–water partition coefficient (Wildman–Crippen LogP) is 4.02. The first-order valence-corrected chi connectivity index (χ1v) is 17.8. The van der Waals surface area contributed by atoms with E-state index in [9.17, 15) is 22.8 Å². The van der Waals surface area contributed by atoms with Crippen LogP contribution in [0.1, 0.15) is 52.4 Å². The minimum atomic E-state index is -3.95. The normalized spacial score (nSPS) is 12.7. The number of H-pyrrole nitrogens is 1. The molecule has 49 heavy (non-hydrogen) atoms. The molecule has 3 aromatic carbocycles. The number of likely N-dealkylation sites (N-methyl/N-ethyl adjacent to an activating group) is 1. The summed E-state index contributed by atoms with van der Waals surface area (Å²) in [6, 6.07) is 17.9. The van der Waals surface area contributed by atoms with Gasteiger partial charge in [0.25, 0.3) is 11.8 Å². The van der Waals surface area contributed by atoms with E-state index in [2.05, 4.69) is 25.2 Å². The van der Waals surface area contributed by atoms with Crippen molar-refractivity contribution in [2.45, 2.75) is 58.5 Å². The number of nitrogens with zero attached hydrogens (tertiary/aromatic N) is 4. The molecule has 2 atom stereocenters. The SMILES string of the molecule is CCCCS(=O)(=O)NC(=O)[C@H](Cc1c[nH]c2ccccc12)NC(=O)[C@H](Cc1ccc(-n2nccn2)cc1)N(C)C(=O)c1cc(C)cc(C)c1. The Kier molecular flexibility index (Phi) is 10.9. The van der Waals surface area contributed by atoms with Crippen LogP contribution in [-0.2, 0) is 32.5 Å². The van der Waals surface area contributed by atoms with Crippen LogP contribution in [0.25, 0.3) is 16.6 Å². The number of aryl methyl sites for hydroxylation is 2. The number of carbonyl (C=O) groups is 3. The van der Waals surface area contributed by atoms with Gasteiger partial charge in [-0.3, -0.25) is 19.1 Å². The molecule has 0 spiro atoms. The van der Waals surface area contributed by atoms with Gasteiger partial charge in [-0.2, -0.15) is 15.0 Å².